The first-order valence-electron chi connectivity index (χ1n) is 5.08. The lowest BCUT2D eigenvalue weighted by molar-refractivity contribution is -0.384. The first-order chi connectivity index (χ1) is 9.11. The third-order valence-electron chi connectivity index (χ3n) is 2.19. The molecule has 0 bridgehead atoms. The zero-order valence-electron chi connectivity index (χ0n) is 9.74. The van der Waals surface area contributed by atoms with Crippen LogP contribution in [-0.4, -0.2) is 22.0 Å². The van der Waals surface area contributed by atoms with Gasteiger partial charge in [0.05, 0.1) is 12.0 Å². The van der Waals surface area contributed by atoms with Crippen molar-refractivity contribution in [3.63, 3.8) is 0 Å². The van der Waals surface area contributed by atoms with Crippen LogP contribution in [0.3, 0.4) is 0 Å². The van der Waals surface area contributed by atoms with E-state index in [-0.39, 0.29) is 22.5 Å². The maximum atomic E-state index is 10.5. The van der Waals surface area contributed by atoms with Crippen LogP contribution in [0, 0.1) is 10.1 Å². The van der Waals surface area contributed by atoms with Crippen LogP contribution in [0.25, 0.3) is 0 Å². The molecule has 1 heterocycles. The van der Waals surface area contributed by atoms with E-state index in [0.29, 0.717) is 5.75 Å². The molecule has 1 aromatic heterocycles. The average molecular weight is 282 g/mol. The van der Waals surface area contributed by atoms with Gasteiger partial charge in [-0.2, -0.15) is 4.98 Å². The second kappa shape index (κ2) is 5.49. The third-order valence-corrected chi connectivity index (χ3v) is 2.46. The van der Waals surface area contributed by atoms with Gasteiger partial charge in [0, 0.05) is 12.1 Å². The van der Waals surface area contributed by atoms with E-state index in [4.69, 9.17) is 21.1 Å². The summed E-state index contributed by atoms with van der Waals surface area (Å²) in [6.45, 7) is 0. The molecule has 2 rings (SSSR count). The van der Waals surface area contributed by atoms with E-state index in [9.17, 15) is 10.1 Å². The quantitative estimate of drug-likeness (QED) is 0.486. The van der Waals surface area contributed by atoms with Gasteiger partial charge >= 0.3 is 0 Å². The Morgan fingerprint density at radius 2 is 1.95 bits per heavy atom. The van der Waals surface area contributed by atoms with E-state index in [0.717, 1.165) is 0 Å². The Balaban J connectivity index is 2.26. The van der Waals surface area contributed by atoms with Crippen LogP contribution in [0.1, 0.15) is 0 Å². The first kappa shape index (κ1) is 13.0. The second-order valence-corrected chi connectivity index (χ2v) is 3.71. The lowest BCUT2D eigenvalue weighted by Gasteiger charge is -2.09. The van der Waals surface area contributed by atoms with Crippen LogP contribution in [0.5, 0.6) is 17.4 Å². The number of hydrogen-bond donors (Lipinski definition) is 0. The zero-order valence-corrected chi connectivity index (χ0v) is 10.5. The Hall–Kier alpha value is -2.41. The molecular formula is C11H8ClN3O4. The number of ether oxygens (including phenoxy) is 2. The molecule has 7 nitrogen and oxygen atoms in total. The smallest absolute Gasteiger partial charge is 0.269 e. The maximum Gasteiger partial charge on any atom is 0.269 e. The molecule has 0 saturated heterocycles. The predicted octanol–water partition coefficient (Wildman–Crippen LogP) is 2.84. The molecule has 2 aromatic rings. The normalized spacial score (nSPS) is 10.0. The van der Waals surface area contributed by atoms with Crippen LogP contribution in [-0.2, 0) is 0 Å². The number of rotatable bonds is 4. The van der Waals surface area contributed by atoms with Gasteiger partial charge in [0.25, 0.3) is 11.6 Å². The van der Waals surface area contributed by atoms with Gasteiger partial charge in [-0.25, -0.2) is 4.98 Å². The number of nitrogens with zero attached hydrogens (tertiary/aromatic N) is 3. The summed E-state index contributed by atoms with van der Waals surface area (Å²) in [5, 5.41) is 10.6. The number of halogens is 1. The molecule has 0 aliphatic rings. The van der Waals surface area contributed by atoms with Gasteiger partial charge in [0.1, 0.15) is 12.1 Å². The molecule has 0 spiro atoms. The average Bonchev–Trinajstić information content (AvgIpc) is 2.39. The number of nitro benzene ring substituents is 1. The highest BCUT2D eigenvalue weighted by atomic mass is 35.5. The van der Waals surface area contributed by atoms with E-state index in [1.807, 2.05) is 0 Å². The van der Waals surface area contributed by atoms with Gasteiger partial charge < -0.3 is 9.47 Å². The fourth-order valence-corrected chi connectivity index (χ4v) is 1.53. The van der Waals surface area contributed by atoms with Crippen molar-refractivity contribution in [3.8, 4) is 17.4 Å². The molecule has 0 amide bonds. The van der Waals surface area contributed by atoms with Crippen molar-refractivity contribution in [2.75, 3.05) is 7.11 Å². The molecule has 0 saturated carbocycles. The van der Waals surface area contributed by atoms with Crippen molar-refractivity contribution < 1.29 is 14.4 Å². The summed E-state index contributed by atoms with van der Waals surface area (Å²) in [6.07, 6.45) is 1.23. The van der Waals surface area contributed by atoms with Crippen molar-refractivity contribution in [3.05, 3.63) is 45.9 Å². The molecule has 0 aliphatic carbocycles. The Morgan fingerprint density at radius 1 is 1.26 bits per heavy atom. The number of benzene rings is 1. The Kier molecular flexibility index (Phi) is 3.76. The highest BCUT2D eigenvalue weighted by Crippen LogP contribution is 2.33. The Morgan fingerprint density at radius 3 is 2.53 bits per heavy atom. The van der Waals surface area contributed by atoms with Gasteiger partial charge in [-0.05, 0) is 12.1 Å². The van der Waals surface area contributed by atoms with E-state index >= 15 is 0 Å². The van der Waals surface area contributed by atoms with Gasteiger partial charge in [-0.3, -0.25) is 10.1 Å². The predicted molar refractivity (Wildman–Crippen MR) is 66.8 cm³/mol. The minimum Gasteiger partial charge on any atom is -0.489 e. The number of aromatic nitrogens is 2. The largest absolute Gasteiger partial charge is 0.489 e. The topological polar surface area (TPSA) is 87.4 Å². The number of non-ortho nitro benzene ring substituents is 1. The second-order valence-electron chi connectivity index (χ2n) is 3.36. The van der Waals surface area contributed by atoms with E-state index < -0.39 is 4.92 Å². The first-order valence-corrected chi connectivity index (χ1v) is 5.46. The number of nitro groups is 1. The third kappa shape index (κ3) is 2.89. The van der Waals surface area contributed by atoms with Crippen molar-refractivity contribution in [2.45, 2.75) is 0 Å². The van der Waals surface area contributed by atoms with E-state index in [2.05, 4.69) is 9.97 Å². The van der Waals surface area contributed by atoms with E-state index in [1.165, 1.54) is 37.7 Å². The summed E-state index contributed by atoms with van der Waals surface area (Å²) in [4.78, 5) is 17.7. The van der Waals surface area contributed by atoms with Gasteiger partial charge in [0.2, 0.25) is 5.75 Å². The molecule has 19 heavy (non-hydrogen) atoms. The maximum absolute atomic E-state index is 10.5. The summed E-state index contributed by atoms with van der Waals surface area (Å²) in [5.41, 5.74) is -0.0277. The van der Waals surface area contributed by atoms with Crippen LogP contribution in [0.2, 0.25) is 5.15 Å². The van der Waals surface area contributed by atoms with Crippen LogP contribution >= 0.6 is 11.6 Å². The number of methoxy groups -OCH3 is 1. The molecule has 0 radical (unpaired) electrons. The fourth-order valence-electron chi connectivity index (χ4n) is 1.33. The van der Waals surface area contributed by atoms with Crippen molar-refractivity contribution in [1.82, 2.24) is 9.97 Å². The molecular weight excluding hydrogens is 274 g/mol. The lowest BCUT2D eigenvalue weighted by atomic mass is 10.3. The highest BCUT2D eigenvalue weighted by Gasteiger charge is 2.13. The molecule has 0 fully saturated rings. The zero-order chi connectivity index (χ0) is 13.8. The summed E-state index contributed by atoms with van der Waals surface area (Å²) in [5.74, 6) is 0.706. The molecule has 0 atom stereocenters. The standard InChI is InChI=1S/C11H8ClN3O4/c1-18-9-10(12)13-6-14-11(9)19-8-4-2-7(3-5-8)15(16)17/h2-6H,1H3. The summed E-state index contributed by atoms with van der Waals surface area (Å²) >= 11 is 5.82. The molecule has 8 heteroatoms. The van der Waals surface area contributed by atoms with Crippen LogP contribution in [0.4, 0.5) is 5.69 Å². The van der Waals surface area contributed by atoms with Crippen molar-refractivity contribution in [1.29, 1.82) is 0 Å². The minimum absolute atomic E-state index is 0.0277. The summed E-state index contributed by atoms with van der Waals surface area (Å²) < 4.78 is 10.5. The van der Waals surface area contributed by atoms with Crippen LogP contribution in [0.15, 0.2) is 30.6 Å². The molecule has 0 N–H and O–H groups in total. The van der Waals surface area contributed by atoms with Crippen molar-refractivity contribution in [2.24, 2.45) is 0 Å². The van der Waals surface area contributed by atoms with Gasteiger partial charge in [-0.1, -0.05) is 11.6 Å². The number of hydrogen-bond acceptors (Lipinski definition) is 6. The SMILES string of the molecule is COc1c(Cl)ncnc1Oc1ccc([N+](=O)[O-])cc1. The Bertz CT molecular complexity index is 603. The van der Waals surface area contributed by atoms with E-state index in [1.54, 1.807) is 0 Å². The monoisotopic (exact) mass is 281 g/mol. The Labute approximate surface area is 112 Å². The molecule has 0 aliphatic heterocycles. The molecule has 1 aromatic carbocycles. The van der Waals surface area contributed by atoms with Gasteiger partial charge in [0.15, 0.2) is 5.15 Å². The highest BCUT2D eigenvalue weighted by molar-refractivity contribution is 6.31. The fraction of sp³-hybridized carbons (Fsp3) is 0.0909. The molecule has 98 valence electrons. The van der Waals surface area contributed by atoms with Crippen molar-refractivity contribution >= 4 is 17.3 Å². The van der Waals surface area contributed by atoms with Gasteiger partial charge in [-0.15, -0.1) is 0 Å². The summed E-state index contributed by atoms with van der Waals surface area (Å²) in [6, 6.07) is 5.55. The molecule has 0 unspecified atom stereocenters. The summed E-state index contributed by atoms with van der Waals surface area (Å²) in [7, 11) is 1.41. The minimum atomic E-state index is -0.494. The lowest BCUT2D eigenvalue weighted by Crippen LogP contribution is -1.95. The van der Waals surface area contributed by atoms with Crippen LogP contribution < -0.4 is 9.47 Å².